The molecule has 2 aromatic carbocycles. The summed E-state index contributed by atoms with van der Waals surface area (Å²) in [6.07, 6.45) is 3.27. The average molecular weight is 412 g/mol. The Kier molecular flexibility index (Phi) is 4.76. The van der Waals surface area contributed by atoms with Gasteiger partial charge in [0.1, 0.15) is 17.2 Å². The predicted molar refractivity (Wildman–Crippen MR) is 121 cm³/mol. The van der Waals surface area contributed by atoms with E-state index in [0.717, 1.165) is 16.6 Å². The summed E-state index contributed by atoms with van der Waals surface area (Å²) in [5.74, 6) is 0. The highest BCUT2D eigenvalue weighted by molar-refractivity contribution is 6.04. The molecule has 0 N–H and O–H groups in total. The third-order valence-electron chi connectivity index (χ3n) is 5.24. The topological polar surface area (TPSA) is 87.2 Å². The lowest BCUT2D eigenvalue weighted by atomic mass is 10.1. The number of aryl methyl sites for hydroxylation is 1. The molecule has 0 aliphatic rings. The molecule has 0 aliphatic heterocycles. The molecule has 0 atom stereocenters. The summed E-state index contributed by atoms with van der Waals surface area (Å²) in [5.41, 5.74) is 4.72. The van der Waals surface area contributed by atoms with Crippen LogP contribution in [-0.2, 0) is 11.3 Å². The third-order valence-corrected chi connectivity index (χ3v) is 5.24. The van der Waals surface area contributed by atoms with E-state index in [-0.39, 0.29) is 5.56 Å². The maximum atomic E-state index is 13.3. The van der Waals surface area contributed by atoms with E-state index >= 15 is 0 Å². The summed E-state index contributed by atoms with van der Waals surface area (Å²) in [6.45, 7) is 2.83. The second-order valence-corrected chi connectivity index (χ2v) is 7.23. The van der Waals surface area contributed by atoms with Crippen LogP contribution in [0.4, 0.5) is 0 Å². The SMILES string of the molecule is COCCn1cnc2c(c1=O)c1nc3ccccc3nc1n2N=Cc1ccccc1C. The zero-order chi connectivity index (χ0) is 21.4. The summed E-state index contributed by atoms with van der Waals surface area (Å²) >= 11 is 0. The number of fused-ring (bicyclic) bond motifs is 4. The quantitative estimate of drug-likeness (QED) is 0.414. The maximum Gasteiger partial charge on any atom is 0.265 e. The van der Waals surface area contributed by atoms with Crippen LogP contribution >= 0.6 is 0 Å². The Labute approximate surface area is 177 Å². The smallest absolute Gasteiger partial charge is 0.265 e. The van der Waals surface area contributed by atoms with E-state index in [4.69, 9.17) is 14.7 Å². The van der Waals surface area contributed by atoms with Crippen LogP contribution in [0.2, 0.25) is 0 Å². The van der Waals surface area contributed by atoms with Gasteiger partial charge in [-0.25, -0.2) is 15.0 Å². The summed E-state index contributed by atoms with van der Waals surface area (Å²) in [5, 5.41) is 5.04. The number of ether oxygens (including phenoxy) is 1. The van der Waals surface area contributed by atoms with Crippen LogP contribution in [-0.4, -0.2) is 44.1 Å². The van der Waals surface area contributed by atoms with Crippen molar-refractivity contribution in [3.63, 3.8) is 0 Å². The first-order chi connectivity index (χ1) is 15.2. The highest BCUT2D eigenvalue weighted by Gasteiger charge is 2.19. The monoisotopic (exact) mass is 412 g/mol. The maximum absolute atomic E-state index is 13.3. The molecule has 5 rings (SSSR count). The Morgan fingerprint density at radius 3 is 2.55 bits per heavy atom. The van der Waals surface area contributed by atoms with Crippen LogP contribution in [0.5, 0.6) is 0 Å². The lowest BCUT2D eigenvalue weighted by molar-refractivity contribution is 0.186. The van der Waals surface area contributed by atoms with Crippen LogP contribution < -0.4 is 5.56 Å². The molecule has 0 unspecified atom stereocenters. The van der Waals surface area contributed by atoms with E-state index in [1.807, 2.05) is 55.5 Å². The summed E-state index contributed by atoms with van der Waals surface area (Å²) in [7, 11) is 1.60. The number of benzene rings is 2. The molecular formula is C23H20N6O2. The second-order valence-electron chi connectivity index (χ2n) is 7.23. The van der Waals surface area contributed by atoms with Crippen molar-refractivity contribution < 1.29 is 4.74 Å². The van der Waals surface area contributed by atoms with Crippen molar-refractivity contribution in [1.82, 2.24) is 24.2 Å². The van der Waals surface area contributed by atoms with Gasteiger partial charge in [0.2, 0.25) is 0 Å². The molecule has 0 radical (unpaired) electrons. The zero-order valence-electron chi connectivity index (χ0n) is 17.2. The van der Waals surface area contributed by atoms with Gasteiger partial charge in [-0.05, 0) is 30.2 Å². The van der Waals surface area contributed by atoms with Gasteiger partial charge in [0.25, 0.3) is 5.56 Å². The Hall–Kier alpha value is -3.91. The molecule has 0 saturated carbocycles. The van der Waals surface area contributed by atoms with Crippen molar-refractivity contribution >= 4 is 39.4 Å². The van der Waals surface area contributed by atoms with Gasteiger partial charge in [-0.3, -0.25) is 9.36 Å². The molecule has 0 bridgehead atoms. The highest BCUT2D eigenvalue weighted by atomic mass is 16.5. The lowest BCUT2D eigenvalue weighted by Gasteiger charge is -2.04. The summed E-state index contributed by atoms with van der Waals surface area (Å²) in [6, 6.07) is 15.5. The van der Waals surface area contributed by atoms with Gasteiger partial charge in [0.05, 0.1) is 30.4 Å². The van der Waals surface area contributed by atoms with Crippen molar-refractivity contribution in [2.75, 3.05) is 13.7 Å². The molecule has 0 saturated heterocycles. The zero-order valence-corrected chi connectivity index (χ0v) is 17.2. The van der Waals surface area contributed by atoms with Gasteiger partial charge in [-0.2, -0.15) is 9.78 Å². The Balaban J connectivity index is 1.82. The average Bonchev–Trinajstić information content (AvgIpc) is 3.09. The number of para-hydroxylation sites is 2. The van der Waals surface area contributed by atoms with Gasteiger partial charge in [0, 0.05) is 7.11 Å². The first-order valence-electron chi connectivity index (χ1n) is 9.92. The molecule has 8 heteroatoms. The Bertz CT molecular complexity index is 1520. The van der Waals surface area contributed by atoms with Gasteiger partial charge < -0.3 is 4.74 Å². The first kappa shape index (κ1) is 19.1. The summed E-state index contributed by atoms with van der Waals surface area (Å²) in [4.78, 5) is 27.3. The van der Waals surface area contributed by atoms with Gasteiger partial charge in [0.15, 0.2) is 11.3 Å². The van der Waals surface area contributed by atoms with E-state index in [9.17, 15) is 4.79 Å². The number of methoxy groups -OCH3 is 1. The van der Waals surface area contributed by atoms with Gasteiger partial charge in [-0.1, -0.05) is 36.4 Å². The molecular weight excluding hydrogens is 392 g/mol. The fourth-order valence-electron chi connectivity index (χ4n) is 3.56. The van der Waals surface area contributed by atoms with E-state index in [1.54, 1.807) is 18.0 Å². The van der Waals surface area contributed by atoms with E-state index in [0.29, 0.717) is 40.9 Å². The van der Waals surface area contributed by atoms with Crippen molar-refractivity contribution in [2.45, 2.75) is 13.5 Å². The molecule has 154 valence electrons. The molecule has 0 amide bonds. The first-order valence-corrected chi connectivity index (χ1v) is 9.92. The largest absolute Gasteiger partial charge is 0.383 e. The number of aromatic nitrogens is 5. The molecule has 0 fully saturated rings. The van der Waals surface area contributed by atoms with Crippen molar-refractivity contribution in [3.05, 3.63) is 76.3 Å². The second kappa shape index (κ2) is 7.73. The molecule has 8 nitrogen and oxygen atoms in total. The van der Waals surface area contributed by atoms with Crippen molar-refractivity contribution in [1.29, 1.82) is 0 Å². The van der Waals surface area contributed by atoms with Gasteiger partial charge >= 0.3 is 0 Å². The minimum atomic E-state index is -0.193. The summed E-state index contributed by atoms with van der Waals surface area (Å²) < 4.78 is 8.24. The van der Waals surface area contributed by atoms with Crippen LogP contribution in [0.1, 0.15) is 11.1 Å². The minimum absolute atomic E-state index is 0.193. The normalized spacial score (nSPS) is 11.9. The number of hydrogen-bond acceptors (Lipinski definition) is 6. The Morgan fingerprint density at radius 1 is 1.03 bits per heavy atom. The lowest BCUT2D eigenvalue weighted by Crippen LogP contribution is -2.22. The molecule has 3 aromatic heterocycles. The standard InChI is InChI=1S/C23H20N6O2/c1-15-7-3-4-8-16(15)13-25-29-21-19(23(30)28(14-24-21)11-12-31-2)20-22(29)27-18-10-6-5-9-17(18)26-20/h3-10,13-14H,11-12H2,1-2H3. The van der Waals surface area contributed by atoms with Crippen LogP contribution in [0.25, 0.3) is 33.2 Å². The minimum Gasteiger partial charge on any atom is -0.383 e. The van der Waals surface area contributed by atoms with Crippen molar-refractivity contribution in [2.24, 2.45) is 5.10 Å². The van der Waals surface area contributed by atoms with Crippen molar-refractivity contribution in [3.8, 4) is 0 Å². The molecule has 0 aliphatic carbocycles. The number of rotatable bonds is 5. The van der Waals surface area contributed by atoms with Crippen LogP contribution in [0.15, 0.2) is 64.8 Å². The van der Waals surface area contributed by atoms with E-state index in [1.165, 1.54) is 10.9 Å². The van der Waals surface area contributed by atoms with Crippen LogP contribution in [0.3, 0.4) is 0 Å². The number of nitrogens with zero attached hydrogens (tertiary/aromatic N) is 6. The molecule has 0 spiro atoms. The molecule has 3 heterocycles. The molecule has 31 heavy (non-hydrogen) atoms. The highest BCUT2D eigenvalue weighted by Crippen LogP contribution is 2.24. The fourth-order valence-corrected chi connectivity index (χ4v) is 3.56. The van der Waals surface area contributed by atoms with Crippen LogP contribution in [0, 0.1) is 6.92 Å². The number of hydrogen-bond donors (Lipinski definition) is 0. The molecule has 5 aromatic rings. The third kappa shape index (κ3) is 3.27. The predicted octanol–water partition coefficient (Wildman–Crippen LogP) is 3.13. The van der Waals surface area contributed by atoms with Gasteiger partial charge in [-0.15, -0.1) is 0 Å². The Morgan fingerprint density at radius 2 is 1.77 bits per heavy atom. The van der Waals surface area contributed by atoms with E-state index in [2.05, 4.69) is 10.1 Å². The fraction of sp³-hybridized carbons (Fsp3) is 0.174. The van der Waals surface area contributed by atoms with E-state index < -0.39 is 0 Å².